The molecule has 2 amide bonds. The number of nitrogens with zero attached hydrogens (tertiary/aromatic N) is 1. The predicted octanol–water partition coefficient (Wildman–Crippen LogP) is 2.47. The summed E-state index contributed by atoms with van der Waals surface area (Å²) >= 11 is 0. The summed E-state index contributed by atoms with van der Waals surface area (Å²) in [5, 5.41) is 12.6. The molecule has 0 radical (unpaired) electrons. The van der Waals surface area contributed by atoms with Gasteiger partial charge in [-0.1, -0.05) is 18.9 Å². The fourth-order valence-corrected chi connectivity index (χ4v) is 3.98. The number of phenolic OH excluding ortho intramolecular Hbond substituents is 1. The first-order valence-corrected chi connectivity index (χ1v) is 8.90. The Labute approximate surface area is 143 Å². The Morgan fingerprint density at radius 1 is 1.21 bits per heavy atom. The molecule has 0 unspecified atom stereocenters. The summed E-state index contributed by atoms with van der Waals surface area (Å²) in [4.78, 5) is 26.4. The Morgan fingerprint density at radius 3 is 2.50 bits per heavy atom. The Morgan fingerprint density at radius 2 is 1.88 bits per heavy atom. The second kappa shape index (κ2) is 7.24. The summed E-state index contributed by atoms with van der Waals surface area (Å²) in [7, 11) is 0. The normalized spacial score (nSPS) is 23.0. The molecule has 1 saturated carbocycles. The quantitative estimate of drug-likeness (QED) is 0.891. The number of hydrogen-bond acceptors (Lipinski definition) is 3. The van der Waals surface area contributed by atoms with Gasteiger partial charge in [0.25, 0.3) is 5.91 Å². The van der Waals surface area contributed by atoms with Crippen molar-refractivity contribution in [3.05, 3.63) is 29.3 Å². The lowest BCUT2D eigenvalue weighted by Crippen LogP contribution is -2.33. The van der Waals surface area contributed by atoms with Crippen LogP contribution < -0.4 is 5.32 Å². The maximum Gasteiger partial charge on any atom is 0.255 e. The molecule has 1 aliphatic heterocycles. The van der Waals surface area contributed by atoms with E-state index in [-0.39, 0.29) is 23.1 Å². The fraction of sp³-hybridized carbons (Fsp3) is 0.579. The number of nitrogens with one attached hydrogen (secondary N) is 1. The van der Waals surface area contributed by atoms with Gasteiger partial charge in [0.1, 0.15) is 5.75 Å². The van der Waals surface area contributed by atoms with Gasteiger partial charge in [-0.3, -0.25) is 9.59 Å². The van der Waals surface area contributed by atoms with E-state index < -0.39 is 0 Å². The molecule has 1 aliphatic carbocycles. The zero-order valence-electron chi connectivity index (χ0n) is 14.3. The zero-order valence-corrected chi connectivity index (χ0v) is 14.3. The highest BCUT2D eigenvalue weighted by Gasteiger charge is 2.36. The third-order valence-corrected chi connectivity index (χ3v) is 5.35. The second-order valence-corrected chi connectivity index (χ2v) is 7.13. The summed E-state index contributed by atoms with van der Waals surface area (Å²) in [6, 6.07) is 4.95. The van der Waals surface area contributed by atoms with Gasteiger partial charge in [-0.05, 0) is 49.3 Å². The minimum atomic E-state index is -0.338. The molecule has 130 valence electrons. The monoisotopic (exact) mass is 330 g/mol. The maximum absolute atomic E-state index is 12.3. The van der Waals surface area contributed by atoms with E-state index >= 15 is 0 Å². The van der Waals surface area contributed by atoms with E-state index in [0.717, 1.165) is 18.7 Å². The predicted molar refractivity (Wildman–Crippen MR) is 91.8 cm³/mol. The third-order valence-electron chi connectivity index (χ3n) is 5.35. The van der Waals surface area contributed by atoms with Crippen molar-refractivity contribution < 1.29 is 14.7 Å². The lowest BCUT2D eigenvalue weighted by molar-refractivity contribution is -0.130. The lowest BCUT2D eigenvalue weighted by atomic mass is 9.82. The van der Waals surface area contributed by atoms with Gasteiger partial charge in [0.15, 0.2) is 0 Å². The number of aromatic hydroxyl groups is 1. The SMILES string of the molecule is Cc1ccc(C(=O)NCCC(=O)N2C[C@H]3CCCC[C@H]3C2)c(O)c1. The molecule has 1 aromatic rings. The molecule has 5 heteroatoms. The van der Waals surface area contributed by atoms with Crippen LogP contribution in [0.2, 0.25) is 0 Å². The molecule has 2 fully saturated rings. The van der Waals surface area contributed by atoms with Gasteiger partial charge in [-0.2, -0.15) is 0 Å². The Bertz CT molecular complexity index is 615. The van der Waals surface area contributed by atoms with Crippen molar-refractivity contribution in [3.8, 4) is 5.75 Å². The first-order valence-electron chi connectivity index (χ1n) is 8.90. The summed E-state index contributed by atoms with van der Waals surface area (Å²) in [6.45, 7) is 3.93. The van der Waals surface area contributed by atoms with Gasteiger partial charge in [-0.15, -0.1) is 0 Å². The smallest absolute Gasteiger partial charge is 0.255 e. The minimum Gasteiger partial charge on any atom is -0.507 e. The molecule has 1 saturated heterocycles. The Balaban J connectivity index is 1.46. The van der Waals surface area contributed by atoms with Crippen LogP contribution in [0, 0.1) is 18.8 Å². The number of hydrogen-bond donors (Lipinski definition) is 2. The van der Waals surface area contributed by atoms with Gasteiger partial charge in [0, 0.05) is 26.1 Å². The lowest BCUT2D eigenvalue weighted by Gasteiger charge is -2.22. The van der Waals surface area contributed by atoms with Crippen molar-refractivity contribution in [1.29, 1.82) is 0 Å². The van der Waals surface area contributed by atoms with Crippen LogP contribution in [0.5, 0.6) is 5.75 Å². The highest BCUT2D eigenvalue weighted by molar-refractivity contribution is 5.97. The number of carbonyl (C=O) groups is 2. The molecule has 2 N–H and O–H groups in total. The van der Waals surface area contributed by atoms with Crippen LogP contribution in [0.15, 0.2) is 18.2 Å². The van der Waals surface area contributed by atoms with E-state index in [1.807, 2.05) is 11.8 Å². The van der Waals surface area contributed by atoms with E-state index in [0.29, 0.717) is 24.8 Å². The van der Waals surface area contributed by atoms with Crippen LogP contribution >= 0.6 is 0 Å². The molecule has 24 heavy (non-hydrogen) atoms. The summed E-state index contributed by atoms with van der Waals surface area (Å²) in [6.07, 6.45) is 5.40. The van der Waals surface area contributed by atoms with Gasteiger partial charge < -0.3 is 15.3 Å². The van der Waals surface area contributed by atoms with Gasteiger partial charge >= 0.3 is 0 Å². The van der Waals surface area contributed by atoms with Gasteiger partial charge in [0.05, 0.1) is 5.56 Å². The van der Waals surface area contributed by atoms with Crippen molar-refractivity contribution in [1.82, 2.24) is 10.2 Å². The maximum atomic E-state index is 12.3. The van der Waals surface area contributed by atoms with E-state index in [4.69, 9.17) is 0 Å². The molecule has 1 heterocycles. The molecule has 0 spiro atoms. The van der Waals surface area contributed by atoms with Crippen LogP contribution in [0.25, 0.3) is 0 Å². The van der Waals surface area contributed by atoms with Crippen molar-refractivity contribution >= 4 is 11.8 Å². The van der Waals surface area contributed by atoms with E-state index in [1.165, 1.54) is 25.7 Å². The molecular formula is C19H26N2O3. The van der Waals surface area contributed by atoms with E-state index in [9.17, 15) is 14.7 Å². The van der Waals surface area contributed by atoms with Gasteiger partial charge in [-0.25, -0.2) is 0 Å². The van der Waals surface area contributed by atoms with Crippen molar-refractivity contribution in [2.45, 2.75) is 39.0 Å². The standard InChI is InChI=1S/C19H26N2O3/c1-13-6-7-16(17(22)10-13)19(24)20-9-8-18(23)21-11-14-4-2-3-5-15(14)12-21/h6-7,10,14-15,22H,2-5,8-9,11-12H2,1H3,(H,20,24)/t14-,15+. The summed E-state index contributed by atoms with van der Waals surface area (Å²) < 4.78 is 0. The van der Waals surface area contributed by atoms with Crippen LogP contribution in [0.1, 0.15) is 48.0 Å². The average molecular weight is 330 g/mol. The summed E-state index contributed by atoms with van der Waals surface area (Å²) in [5.74, 6) is 1.12. The number of fused-ring (bicyclic) bond motifs is 1. The first kappa shape index (κ1) is 16.8. The number of phenols is 1. The second-order valence-electron chi connectivity index (χ2n) is 7.13. The molecule has 5 nitrogen and oxygen atoms in total. The van der Waals surface area contributed by atoms with Crippen molar-refractivity contribution in [2.24, 2.45) is 11.8 Å². The summed E-state index contributed by atoms with van der Waals surface area (Å²) in [5.41, 5.74) is 1.15. The van der Waals surface area contributed by atoms with E-state index in [1.54, 1.807) is 18.2 Å². The molecule has 3 rings (SSSR count). The zero-order chi connectivity index (χ0) is 17.1. The number of amides is 2. The molecule has 0 aromatic heterocycles. The molecule has 2 aliphatic rings. The highest BCUT2D eigenvalue weighted by atomic mass is 16.3. The fourth-order valence-electron chi connectivity index (χ4n) is 3.98. The van der Waals surface area contributed by atoms with E-state index in [2.05, 4.69) is 5.32 Å². The first-order chi connectivity index (χ1) is 11.5. The average Bonchev–Trinajstić information content (AvgIpc) is 2.98. The van der Waals surface area contributed by atoms with Crippen LogP contribution in [-0.2, 0) is 4.79 Å². The number of carbonyl (C=O) groups excluding carboxylic acids is 2. The number of benzene rings is 1. The molecule has 1 aromatic carbocycles. The minimum absolute atomic E-state index is 0.0255. The third kappa shape index (κ3) is 3.71. The topological polar surface area (TPSA) is 69.6 Å². The molecule has 2 atom stereocenters. The largest absolute Gasteiger partial charge is 0.507 e. The van der Waals surface area contributed by atoms with Crippen LogP contribution in [0.3, 0.4) is 0 Å². The highest BCUT2D eigenvalue weighted by Crippen LogP contribution is 2.36. The van der Waals surface area contributed by atoms with Crippen LogP contribution in [0.4, 0.5) is 0 Å². The number of likely N-dealkylation sites (tertiary alicyclic amines) is 1. The molecule has 0 bridgehead atoms. The number of aryl methyl sites for hydroxylation is 1. The molecular weight excluding hydrogens is 304 g/mol. The Hall–Kier alpha value is -2.04. The van der Waals surface area contributed by atoms with Crippen molar-refractivity contribution in [2.75, 3.05) is 19.6 Å². The number of rotatable bonds is 4. The van der Waals surface area contributed by atoms with Crippen LogP contribution in [-0.4, -0.2) is 41.5 Å². The Kier molecular flexibility index (Phi) is 5.07. The van der Waals surface area contributed by atoms with Crippen molar-refractivity contribution in [3.63, 3.8) is 0 Å². The van der Waals surface area contributed by atoms with Gasteiger partial charge in [0.2, 0.25) is 5.91 Å².